The minimum absolute atomic E-state index is 0.335. The summed E-state index contributed by atoms with van der Waals surface area (Å²) in [6, 6.07) is 3.60. The first-order chi connectivity index (χ1) is 5.83. The number of nitrogens with zero attached hydrogens (tertiary/aromatic N) is 3. The molecule has 62 valence electrons. The van der Waals surface area contributed by atoms with E-state index < -0.39 is 0 Å². The molecule has 0 radical (unpaired) electrons. The van der Waals surface area contributed by atoms with Gasteiger partial charge in [0, 0.05) is 6.20 Å². The van der Waals surface area contributed by atoms with Gasteiger partial charge in [-0.25, -0.2) is 0 Å². The first kappa shape index (κ1) is 7.83. The number of fused-ring (bicyclic) bond motifs is 1. The van der Waals surface area contributed by atoms with Crippen molar-refractivity contribution in [3.63, 3.8) is 0 Å². The predicted molar refractivity (Wildman–Crippen MR) is 47.6 cm³/mol. The summed E-state index contributed by atoms with van der Waals surface area (Å²) in [5.74, 6) is 1.04. The molecule has 0 N–H and O–H groups in total. The molecule has 0 aliphatic rings. The molecule has 0 aliphatic carbocycles. The van der Waals surface area contributed by atoms with Crippen LogP contribution in [0.2, 0.25) is 5.02 Å². The van der Waals surface area contributed by atoms with E-state index in [4.69, 9.17) is 23.2 Å². The second-order valence-corrected chi connectivity index (χ2v) is 2.97. The highest BCUT2D eigenvalue weighted by Gasteiger charge is 2.05. The molecule has 0 fully saturated rings. The lowest BCUT2D eigenvalue weighted by atomic mass is 10.5. The van der Waals surface area contributed by atoms with Crippen molar-refractivity contribution in [3.8, 4) is 0 Å². The zero-order valence-corrected chi connectivity index (χ0v) is 7.55. The molecule has 5 heteroatoms. The molecule has 0 bridgehead atoms. The second kappa shape index (κ2) is 2.92. The smallest absolute Gasteiger partial charge is 0.179 e. The van der Waals surface area contributed by atoms with Gasteiger partial charge in [-0.15, -0.1) is 21.8 Å². The van der Waals surface area contributed by atoms with Crippen LogP contribution in [0.3, 0.4) is 0 Å². The summed E-state index contributed by atoms with van der Waals surface area (Å²) in [4.78, 5) is 0. The Morgan fingerprint density at radius 3 is 3.00 bits per heavy atom. The van der Waals surface area contributed by atoms with E-state index in [-0.39, 0.29) is 0 Å². The summed E-state index contributed by atoms with van der Waals surface area (Å²) < 4.78 is 1.77. The van der Waals surface area contributed by atoms with Gasteiger partial charge in [-0.05, 0) is 12.1 Å². The Labute approximate surface area is 78.9 Å². The van der Waals surface area contributed by atoms with Crippen molar-refractivity contribution in [2.45, 2.75) is 5.88 Å². The molecule has 2 heterocycles. The molecule has 3 nitrogen and oxygen atoms in total. The number of alkyl halides is 1. The summed E-state index contributed by atoms with van der Waals surface area (Å²) in [5.41, 5.74) is 0.648. The highest BCUT2D eigenvalue weighted by atomic mass is 35.5. The number of hydrogen-bond acceptors (Lipinski definition) is 2. The Balaban J connectivity index is 2.80. The van der Waals surface area contributed by atoms with Crippen molar-refractivity contribution in [1.29, 1.82) is 0 Å². The van der Waals surface area contributed by atoms with E-state index in [0.29, 0.717) is 22.4 Å². The van der Waals surface area contributed by atoms with Crippen LogP contribution in [0.4, 0.5) is 0 Å². The van der Waals surface area contributed by atoms with Crippen molar-refractivity contribution < 1.29 is 0 Å². The van der Waals surface area contributed by atoms with Gasteiger partial charge in [-0.3, -0.25) is 4.40 Å². The maximum absolute atomic E-state index is 5.86. The molecule has 0 saturated heterocycles. The van der Waals surface area contributed by atoms with Gasteiger partial charge in [0.1, 0.15) is 0 Å². The van der Waals surface area contributed by atoms with Crippen molar-refractivity contribution in [2.24, 2.45) is 0 Å². The van der Waals surface area contributed by atoms with E-state index in [2.05, 4.69) is 10.2 Å². The molecule has 2 aromatic heterocycles. The van der Waals surface area contributed by atoms with Gasteiger partial charge >= 0.3 is 0 Å². The monoisotopic (exact) mass is 201 g/mol. The van der Waals surface area contributed by atoms with Crippen LogP contribution in [0.25, 0.3) is 5.65 Å². The third-order valence-electron chi connectivity index (χ3n) is 1.58. The maximum Gasteiger partial charge on any atom is 0.179 e. The van der Waals surface area contributed by atoms with Crippen molar-refractivity contribution >= 4 is 28.8 Å². The number of rotatable bonds is 1. The van der Waals surface area contributed by atoms with E-state index in [9.17, 15) is 0 Å². The summed E-state index contributed by atoms with van der Waals surface area (Å²) >= 11 is 11.5. The van der Waals surface area contributed by atoms with Gasteiger partial charge in [0.2, 0.25) is 0 Å². The summed E-state index contributed by atoms with van der Waals surface area (Å²) in [5, 5.41) is 8.34. The van der Waals surface area contributed by atoms with Crippen LogP contribution in [0, 0.1) is 0 Å². The Morgan fingerprint density at radius 2 is 2.25 bits per heavy atom. The Morgan fingerprint density at radius 1 is 1.42 bits per heavy atom. The molecule has 0 aliphatic heterocycles. The first-order valence-corrected chi connectivity index (χ1v) is 4.28. The van der Waals surface area contributed by atoms with Gasteiger partial charge in [-0.1, -0.05) is 11.6 Å². The molecule has 0 unspecified atom stereocenters. The van der Waals surface area contributed by atoms with Crippen LogP contribution in [0.5, 0.6) is 0 Å². The van der Waals surface area contributed by atoms with E-state index in [1.165, 1.54) is 0 Å². The lowest BCUT2D eigenvalue weighted by molar-refractivity contribution is 0.986. The van der Waals surface area contributed by atoms with Crippen LogP contribution in [0.1, 0.15) is 5.82 Å². The number of aromatic nitrogens is 3. The standard InChI is InChI=1S/C7H5Cl2N3/c8-4-6-10-11-7-5(9)2-1-3-12(6)7/h1-3H,4H2. The zero-order chi connectivity index (χ0) is 8.55. The van der Waals surface area contributed by atoms with Crippen LogP contribution in [0.15, 0.2) is 18.3 Å². The summed E-state index contributed by atoms with van der Waals surface area (Å²) in [6.45, 7) is 0. The van der Waals surface area contributed by atoms with Gasteiger partial charge < -0.3 is 0 Å². The van der Waals surface area contributed by atoms with Gasteiger partial charge in [0.25, 0.3) is 0 Å². The topological polar surface area (TPSA) is 30.2 Å². The normalized spacial score (nSPS) is 10.8. The number of halogens is 2. The summed E-state index contributed by atoms with van der Waals surface area (Å²) in [6.07, 6.45) is 1.83. The Hall–Kier alpha value is -0.800. The number of hydrogen-bond donors (Lipinski definition) is 0. The van der Waals surface area contributed by atoms with Crippen molar-refractivity contribution in [3.05, 3.63) is 29.2 Å². The Bertz CT molecular complexity index is 410. The minimum Gasteiger partial charge on any atom is -0.284 e. The average molecular weight is 202 g/mol. The van der Waals surface area contributed by atoms with Crippen LogP contribution in [-0.4, -0.2) is 14.6 Å². The van der Waals surface area contributed by atoms with Crippen LogP contribution in [-0.2, 0) is 5.88 Å². The molecule has 0 atom stereocenters. The average Bonchev–Trinajstić information content (AvgIpc) is 2.49. The molecular formula is C7H5Cl2N3. The maximum atomic E-state index is 5.86. The van der Waals surface area contributed by atoms with Gasteiger partial charge in [0.15, 0.2) is 11.5 Å². The third-order valence-corrected chi connectivity index (χ3v) is 2.11. The SMILES string of the molecule is ClCc1nnc2c(Cl)cccn12. The van der Waals surface area contributed by atoms with Gasteiger partial charge in [-0.2, -0.15) is 0 Å². The highest BCUT2D eigenvalue weighted by molar-refractivity contribution is 6.33. The lowest BCUT2D eigenvalue weighted by Gasteiger charge is -1.94. The molecule has 0 aromatic carbocycles. The fourth-order valence-corrected chi connectivity index (χ4v) is 1.41. The third kappa shape index (κ3) is 1.06. The minimum atomic E-state index is 0.335. The largest absolute Gasteiger partial charge is 0.284 e. The molecule has 0 amide bonds. The fourth-order valence-electron chi connectivity index (χ4n) is 1.02. The second-order valence-electron chi connectivity index (χ2n) is 2.30. The molecule has 2 aromatic rings. The Kier molecular flexibility index (Phi) is 1.90. The van der Waals surface area contributed by atoms with Crippen molar-refractivity contribution in [2.75, 3.05) is 0 Å². The molecule has 0 spiro atoms. The molecular weight excluding hydrogens is 197 g/mol. The summed E-state index contributed by atoms with van der Waals surface area (Å²) in [7, 11) is 0. The van der Waals surface area contributed by atoms with Crippen LogP contribution < -0.4 is 0 Å². The molecule has 12 heavy (non-hydrogen) atoms. The molecule has 0 saturated carbocycles. The number of pyridine rings is 1. The van der Waals surface area contributed by atoms with E-state index >= 15 is 0 Å². The fraction of sp³-hybridized carbons (Fsp3) is 0.143. The van der Waals surface area contributed by atoms with Crippen molar-refractivity contribution in [1.82, 2.24) is 14.6 Å². The first-order valence-electron chi connectivity index (χ1n) is 3.37. The zero-order valence-electron chi connectivity index (χ0n) is 6.04. The molecule has 2 rings (SSSR count). The van der Waals surface area contributed by atoms with Gasteiger partial charge in [0.05, 0.1) is 10.9 Å². The van der Waals surface area contributed by atoms with E-state index in [0.717, 1.165) is 0 Å². The highest BCUT2D eigenvalue weighted by Crippen LogP contribution is 2.15. The van der Waals surface area contributed by atoms with E-state index in [1.54, 1.807) is 10.5 Å². The quantitative estimate of drug-likeness (QED) is 0.663. The van der Waals surface area contributed by atoms with E-state index in [1.807, 2.05) is 12.3 Å². The van der Waals surface area contributed by atoms with Crippen LogP contribution >= 0.6 is 23.2 Å². The lowest BCUT2D eigenvalue weighted by Crippen LogP contribution is -1.89. The predicted octanol–water partition coefficient (Wildman–Crippen LogP) is 2.12.